The van der Waals surface area contributed by atoms with Crippen LogP contribution in [0.4, 0.5) is 16.0 Å². The van der Waals surface area contributed by atoms with Crippen molar-refractivity contribution in [3.8, 4) is 11.3 Å². The van der Waals surface area contributed by atoms with Crippen LogP contribution in [0.25, 0.3) is 20.8 Å². The standard InChI is InChI=1S/C20H13N5OS3/c26-17(24-19-23-14(11-27-19)12-5-4-8-21-10-12)15-9-16-18(28-15)25-20(29-16)22-13-6-2-1-3-7-13/h1-11H,(H,22,25)(H,23,24,26). The van der Waals surface area contributed by atoms with Crippen molar-refractivity contribution in [2.24, 2.45) is 0 Å². The Morgan fingerprint density at radius 3 is 2.66 bits per heavy atom. The SMILES string of the molecule is O=C(Nc1nc(-c2cccnc2)cs1)c1cc2sc(Nc3ccccc3)nc2s1. The first-order valence-electron chi connectivity index (χ1n) is 8.64. The third-order valence-corrected chi connectivity index (χ3v) is 6.85. The largest absolute Gasteiger partial charge is 0.332 e. The molecule has 0 fully saturated rings. The van der Waals surface area contributed by atoms with E-state index in [0.717, 1.165) is 31.6 Å². The highest BCUT2D eigenvalue weighted by molar-refractivity contribution is 7.29. The van der Waals surface area contributed by atoms with Crippen molar-refractivity contribution in [2.75, 3.05) is 10.6 Å². The maximum atomic E-state index is 12.6. The number of amides is 1. The Kier molecular flexibility index (Phi) is 4.76. The molecule has 0 spiro atoms. The summed E-state index contributed by atoms with van der Waals surface area (Å²) in [6, 6.07) is 15.6. The van der Waals surface area contributed by atoms with Crippen LogP contribution in [-0.2, 0) is 0 Å². The fraction of sp³-hybridized carbons (Fsp3) is 0. The van der Waals surface area contributed by atoms with Gasteiger partial charge in [0.1, 0.15) is 4.83 Å². The number of pyridine rings is 1. The molecule has 6 nitrogen and oxygen atoms in total. The number of benzene rings is 1. The molecule has 5 rings (SSSR count). The lowest BCUT2D eigenvalue weighted by Gasteiger charge is -2.00. The van der Waals surface area contributed by atoms with Gasteiger partial charge in [0.2, 0.25) is 0 Å². The molecule has 0 aliphatic carbocycles. The first-order valence-corrected chi connectivity index (χ1v) is 11.2. The quantitative estimate of drug-likeness (QED) is 0.361. The minimum absolute atomic E-state index is 0.176. The summed E-state index contributed by atoms with van der Waals surface area (Å²) in [4.78, 5) is 27.2. The Morgan fingerprint density at radius 2 is 1.86 bits per heavy atom. The van der Waals surface area contributed by atoms with Gasteiger partial charge >= 0.3 is 0 Å². The second-order valence-corrected chi connectivity index (χ2v) is 8.94. The molecule has 0 radical (unpaired) electrons. The smallest absolute Gasteiger partial charge is 0.267 e. The van der Waals surface area contributed by atoms with E-state index < -0.39 is 0 Å². The van der Waals surface area contributed by atoms with E-state index in [4.69, 9.17) is 0 Å². The maximum absolute atomic E-state index is 12.6. The molecule has 5 aromatic rings. The van der Waals surface area contributed by atoms with E-state index in [-0.39, 0.29) is 5.91 Å². The van der Waals surface area contributed by atoms with Crippen molar-refractivity contribution < 1.29 is 4.79 Å². The van der Waals surface area contributed by atoms with Crippen LogP contribution in [0.15, 0.2) is 66.3 Å². The van der Waals surface area contributed by atoms with Crippen LogP contribution in [0.5, 0.6) is 0 Å². The molecule has 2 N–H and O–H groups in total. The number of hydrogen-bond acceptors (Lipinski definition) is 8. The van der Waals surface area contributed by atoms with Crippen LogP contribution in [0.2, 0.25) is 0 Å². The molecule has 142 valence electrons. The van der Waals surface area contributed by atoms with E-state index in [1.165, 1.54) is 34.0 Å². The second kappa shape index (κ2) is 7.70. The summed E-state index contributed by atoms with van der Waals surface area (Å²) in [5, 5.41) is 9.44. The molecule has 0 saturated heterocycles. The number of rotatable bonds is 5. The molecule has 0 bridgehead atoms. The van der Waals surface area contributed by atoms with Crippen LogP contribution in [-0.4, -0.2) is 20.9 Å². The van der Waals surface area contributed by atoms with Crippen LogP contribution >= 0.6 is 34.0 Å². The van der Waals surface area contributed by atoms with Crippen LogP contribution in [0.1, 0.15) is 9.67 Å². The zero-order chi connectivity index (χ0) is 19.6. The summed E-state index contributed by atoms with van der Waals surface area (Å²) in [5.41, 5.74) is 2.70. The number of nitrogens with zero attached hydrogens (tertiary/aromatic N) is 3. The molecular weight excluding hydrogens is 422 g/mol. The summed E-state index contributed by atoms with van der Waals surface area (Å²) in [5.74, 6) is -0.176. The molecule has 9 heteroatoms. The number of nitrogens with one attached hydrogen (secondary N) is 2. The van der Waals surface area contributed by atoms with E-state index in [9.17, 15) is 4.79 Å². The van der Waals surface area contributed by atoms with Gasteiger partial charge in [-0.25, -0.2) is 9.97 Å². The van der Waals surface area contributed by atoms with Crippen molar-refractivity contribution in [2.45, 2.75) is 0 Å². The Balaban J connectivity index is 1.30. The van der Waals surface area contributed by atoms with Crippen LogP contribution in [0, 0.1) is 0 Å². The van der Waals surface area contributed by atoms with Crippen molar-refractivity contribution in [3.05, 3.63) is 71.2 Å². The second-order valence-electron chi connectivity index (χ2n) is 6.02. The van der Waals surface area contributed by atoms with Gasteiger partial charge in [-0.1, -0.05) is 29.5 Å². The zero-order valence-corrected chi connectivity index (χ0v) is 17.3. The highest BCUT2D eigenvalue weighted by Crippen LogP contribution is 2.34. The van der Waals surface area contributed by atoms with Gasteiger partial charge in [0.05, 0.1) is 15.3 Å². The zero-order valence-electron chi connectivity index (χ0n) is 14.8. The summed E-state index contributed by atoms with van der Waals surface area (Å²) in [6.07, 6.45) is 3.47. The minimum Gasteiger partial charge on any atom is -0.332 e. The fourth-order valence-electron chi connectivity index (χ4n) is 2.68. The third-order valence-electron chi connectivity index (χ3n) is 4.02. The molecule has 0 saturated carbocycles. The average molecular weight is 436 g/mol. The van der Waals surface area contributed by atoms with Gasteiger partial charge in [-0.05, 0) is 30.3 Å². The molecule has 0 aliphatic heterocycles. The lowest BCUT2D eigenvalue weighted by Crippen LogP contribution is -2.09. The highest BCUT2D eigenvalue weighted by Gasteiger charge is 2.16. The number of aromatic nitrogens is 3. The summed E-state index contributed by atoms with van der Waals surface area (Å²) >= 11 is 4.29. The number of anilines is 3. The monoisotopic (exact) mass is 435 g/mol. The molecular formula is C20H13N5OS3. The lowest BCUT2D eigenvalue weighted by atomic mass is 10.2. The molecule has 1 aromatic carbocycles. The van der Waals surface area contributed by atoms with Crippen LogP contribution in [0.3, 0.4) is 0 Å². The number of carbonyl (C=O) groups is 1. The fourth-order valence-corrected chi connectivity index (χ4v) is 5.43. The summed E-state index contributed by atoms with van der Waals surface area (Å²) in [6.45, 7) is 0. The first-order chi connectivity index (χ1) is 14.2. The molecule has 1 amide bonds. The van der Waals surface area contributed by atoms with E-state index in [1.54, 1.807) is 12.4 Å². The van der Waals surface area contributed by atoms with Gasteiger partial charge in [-0.2, -0.15) is 0 Å². The van der Waals surface area contributed by atoms with E-state index in [1.807, 2.05) is 53.9 Å². The third kappa shape index (κ3) is 3.88. The van der Waals surface area contributed by atoms with E-state index in [0.29, 0.717) is 10.0 Å². The van der Waals surface area contributed by atoms with Gasteiger partial charge in [-0.3, -0.25) is 15.1 Å². The van der Waals surface area contributed by atoms with Gasteiger partial charge in [-0.15, -0.1) is 22.7 Å². The molecule has 4 heterocycles. The van der Waals surface area contributed by atoms with Crippen molar-refractivity contribution in [1.82, 2.24) is 15.0 Å². The number of para-hydroxylation sites is 1. The first kappa shape index (κ1) is 17.9. The van der Waals surface area contributed by atoms with Gasteiger partial charge in [0, 0.05) is 29.0 Å². The number of hydrogen-bond donors (Lipinski definition) is 2. The van der Waals surface area contributed by atoms with Gasteiger partial charge < -0.3 is 5.32 Å². The maximum Gasteiger partial charge on any atom is 0.267 e. The lowest BCUT2D eigenvalue weighted by molar-refractivity contribution is 0.103. The number of carbonyl (C=O) groups excluding carboxylic acids is 1. The molecule has 4 aromatic heterocycles. The summed E-state index contributed by atoms with van der Waals surface area (Å²) < 4.78 is 0.980. The molecule has 29 heavy (non-hydrogen) atoms. The Hall–Kier alpha value is -3.14. The summed E-state index contributed by atoms with van der Waals surface area (Å²) in [7, 11) is 0. The predicted octanol–water partition coefficient (Wildman–Crippen LogP) is 5.87. The Labute approximate surface area is 177 Å². The molecule has 0 aliphatic rings. The molecule has 0 atom stereocenters. The predicted molar refractivity (Wildman–Crippen MR) is 121 cm³/mol. The van der Waals surface area contributed by atoms with Crippen molar-refractivity contribution in [3.63, 3.8) is 0 Å². The molecule has 0 unspecified atom stereocenters. The van der Waals surface area contributed by atoms with Crippen molar-refractivity contribution >= 4 is 65.4 Å². The highest BCUT2D eigenvalue weighted by atomic mass is 32.1. The Bertz CT molecular complexity index is 1250. The average Bonchev–Trinajstić information content (AvgIpc) is 3.44. The number of fused-ring (bicyclic) bond motifs is 1. The van der Waals surface area contributed by atoms with E-state index >= 15 is 0 Å². The van der Waals surface area contributed by atoms with Crippen molar-refractivity contribution in [1.29, 1.82) is 0 Å². The number of thiophene rings is 1. The van der Waals surface area contributed by atoms with Gasteiger partial charge in [0.25, 0.3) is 5.91 Å². The minimum atomic E-state index is -0.176. The Morgan fingerprint density at radius 1 is 0.966 bits per heavy atom. The normalized spacial score (nSPS) is 10.9. The number of thiazole rings is 2. The van der Waals surface area contributed by atoms with E-state index in [2.05, 4.69) is 25.6 Å². The topological polar surface area (TPSA) is 79.8 Å². The van der Waals surface area contributed by atoms with Crippen LogP contribution < -0.4 is 10.6 Å². The van der Waals surface area contributed by atoms with Gasteiger partial charge in [0.15, 0.2) is 10.3 Å².